The molecule has 0 atom stereocenters. The lowest BCUT2D eigenvalue weighted by Crippen LogP contribution is -2.19. The van der Waals surface area contributed by atoms with E-state index in [4.69, 9.17) is 13.6 Å². The summed E-state index contributed by atoms with van der Waals surface area (Å²) in [5, 5.41) is 18.4. The van der Waals surface area contributed by atoms with Gasteiger partial charge in [-0.15, -0.1) is 10.2 Å². The number of aromatic nitrogens is 4. The minimum Gasteiger partial charge on any atom is -0.452 e. The van der Waals surface area contributed by atoms with Crippen molar-refractivity contribution in [1.29, 1.82) is 0 Å². The van der Waals surface area contributed by atoms with Crippen LogP contribution in [0.5, 0.6) is 0 Å². The fourth-order valence-corrected chi connectivity index (χ4v) is 2.79. The van der Waals surface area contributed by atoms with Gasteiger partial charge in [0, 0.05) is 24.7 Å². The third kappa shape index (κ3) is 3.30. The first-order valence-electron chi connectivity index (χ1n) is 8.54. The molecule has 12 nitrogen and oxygen atoms in total. The number of benzene rings is 1. The first-order valence-corrected chi connectivity index (χ1v) is 8.54. The zero-order valence-corrected chi connectivity index (χ0v) is 15.7. The second kappa shape index (κ2) is 7.24. The largest absolute Gasteiger partial charge is 0.452 e. The Morgan fingerprint density at radius 2 is 1.97 bits per heavy atom. The summed E-state index contributed by atoms with van der Waals surface area (Å²) in [4.78, 5) is 39.1. The average molecular weight is 411 g/mol. The Bertz CT molecular complexity index is 1330. The van der Waals surface area contributed by atoms with Crippen LogP contribution in [0.2, 0.25) is 0 Å². The average Bonchev–Trinajstić information content (AvgIpc) is 3.33. The summed E-state index contributed by atoms with van der Waals surface area (Å²) in [7, 11) is 1.50. The number of hydrogen-bond donors (Lipinski definition) is 0. The highest BCUT2D eigenvalue weighted by Gasteiger charge is 2.24. The van der Waals surface area contributed by atoms with E-state index in [1.807, 2.05) is 0 Å². The van der Waals surface area contributed by atoms with Crippen LogP contribution in [0, 0.1) is 17.0 Å². The van der Waals surface area contributed by atoms with E-state index < -0.39 is 16.5 Å². The summed E-state index contributed by atoms with van der Waals surface area (Å²) in [5.41, 5.74) is -0.0238. The number of carbonyl (C=O) groups is 1. The Balaban J connectivity index is 1.52. The number of furan rings is 1. The van der Waals surface area contributed by atoms with Gasteiger partial charge in [-0.3, -0.25) is 14.9 Å². The van der Waals surface area contributed by atoms with E-state index in [1.165, 1.54) is 49.1 Å². The summed E-state index contributed by atoms with van der Waals surface area (Å²) in [6.45, 7) is 1.18. The van der Waals surface area contributed by atoms with Crippen molar-refractivity contribution in [2.24, 2.45) is 7.05 Å². The van der Waals surface area contributed by atoms with Crippen LogP contribution < -0.4 is 5.56 Å². The zero-order valence-electron chi connectivity index (χ0n) is 15.7. The molecule has 0 saturated carbocycles. The van der Waals surface area contributed by atoms with Gasteiger partial charge in [0.25, 0.3) is 17.1 Å². The van der Waals surface area contributed by atoms with Crippen molar-refractivity contribution in [3.8, 4) is 11.5 Å². The third-order valence-electron chi connectivity index (χ3n) is 4.27. The van der Waals surface area contributed by atoms with Gasteiger partial charge < -0.3 is 18.1 Å². The van der Waals surface area contributed by atoms with Gasteiger partial charge in [0.1, 0.15) is 23.0 Å². The van der Waals surface area contributed by atoms with E-state index >= 15 is 0 Å². The van der Waals surface area contributed by atoms with Gasteiger partial charge in [0.05, 0.1) is 4.92 Å². The number of fused-ring (bicyclic) bond motifs is 1. The third-order valence-corrected chi connectivity index (χ3v) is 4.27. The maximum absolute atomic E-state index is 12.5. The molecule has 0 bridgehead atoms. The standard InChI is InChI=1S/C18H13N5O7/c1-9-13(14-16(29-9)19-8-22(2)17(14)24)18(25)28-7-12-20-21-15(30-12)10-3-5-11(6-4-10)23(26)27/h3-6,8H,7H2,1-2H3. The van der Waals surface area contributed by atoms with Crippen LogP contribution in [0.15, 0.2) is 44.2 Å². The Morgan fingerprint density at radius 1 is 1.23 bits per heavy atom. The zero-order chi connectivity index (χ0) is 21.4. The van der Waals surface area contributed by atoms with Crippen LogP contribution in [-0.4, -0.2) is 30.6 Å². The molecule has 0 aliphatic rings. The number of nitro groups is 1. The number of non-ortho nitro benzene ring substituents is 1. The Labute approximate surface area is 166 Å². The highest BCUT2D eigenvalue weighted by atomic mass is 16.6. The molecule has 4 aromatic rings. The number of aryl methyl sites for hydroxylation is 2. The molecule has 0 aliphatic heterocycles. The molecule has 0 spiro atoms. The molecule has 30 heavy (non-hydrogen) atoms. The summed E-state index contributed by atoms with van der Waals surface area (Å²) in [6.07, 6.45) is 1.29. The number of nitrogens with zero attached hydrogens (tertiary/aromatic N) is 5. The van der Waals surface area contributed by atoms with Crippen molar-refractivity contribution in [3.63, 3.8) is 0 Å². The van der Waals surface area contributed by atoms with Crippen molar-refractivity contribution in [3.05, 3.63) is 68.3 Å². The number of hydrogen-bond acceptors (Lipinski definition) is 10. The summed E-state index contributed by atoms with van der Waals surface area (Å²) in [5.74, 6) is -0.485. The van der Waals surface area contributed by atoms with Crippen molar-refractivity contribution >= 4 is 22.8 Å². The quantitative estimate of drug-likeness (QED) is 0.271. The van der Waals surface area contributed by atoms with E-state index in [0.717, 1.165) is 0 Å². The minimum absolute atomic E-state index is 0.00758. The van der Waals surface area contributed by atoms with E-state index in [1.54, 1.807) is 0 Å². The number of carbonyl (C=O) groups excluding carboxylic acids is 1. The normalized spacial score (nSPS) is 11.0. The monoisotopic (exact) mass is 411 g/mol. The van der Waals surface area contributed by atoms with Crippen LogP contribution in [0.4, 0.5) is 5.69 Å². The molecular weight excluding hydrogens is 398 g/mol. The second-order valence-corrected chi connectivity index (χ2v) is 6.26. The molecule has 0 aliphatic carbocycles. The van der Waals surface area contributed by atoms with Crippen LogP contribution in [-0.2, 0) is 18.4 Å². The maximum Gasteiger partial charge on any atom is 0.343 e. The molecule has 12 heteroatoms. The number of esters is 1. The van der Waals surface area contributed by atoms with Gasteiger partial charge in [-0.1, -0.05) is 0 Å². The molecule has 3 aromatic heterocycles. The van der Waals surface area contributed by atoms with E-state index in [9.17, 15) is 19.7 Å². The SMILES string of the molecule is Cc1oc2ncn(C)c(=O)c2c1C(=O)OCc1nnc(-c2ccc([N+](=O)[O-])cc2)o1. The fourth-order valence-electron chi connectivity index (χ4n) is 2.79. The van der Waals surface area contributed by atoms with Gasteiger partial charge in [-0.2, -0.15) is 0 Å². The molecule has 0 radical (unpaired) electrons. The molecule has 4 rings (SSSR count). The lowest BCUT2D eigenvalue weighted by Gasteiger charge is -2.01. The van der Waals surface area contributed by atoms with Crippen molar-refractivity contribution in [2.75, 3.05) is 0 Å². The van der Waals surface area contributed by atoms with Gasteiger partial charge in [-0.05, 0) is 19.1 Å². The molecule has 0 N–H and O–H groups in total. The van der Waals surface area contributed by atoms with Crippen molar-refractivity contribution in [1.82, 2.24) is 19.7 Å². The first-order chi connectivity index (χ1) is 14.3. The van der Waals surface area contributed by atoms with E-state index in [2.05, 4.69) is 15.2 Å². The summed E-state index contributed by atoms with van der Waals surface area (Å²) in [6, 6.07) is 5.54. The van der Waals surface area contributed by atoms with Gasteiger partial charge in [-0.25, -0.2) is 9.78 Å². The fraction of sp³-hybridized carbons (Fsp3) is 0.167. The first kappa shape index (κ1) is 19.0. The Hall–Kier alpha value is -4.35. The summed E-state index contributed by atoms with van der Waals surface area (Å²) >= 11 is 0. The second-order valence-electron chi connectivity index (χ2n) is 6.26. The lowest BCUT2D eigenvalue weighted by atomic mass is 10.2. The van der Waals surface area contributed by atoms with Gasteiger partial charge >= 0.3 is 5.97 Å². The van der Waals surface area contributed by atoms with Gasteiger partial charge in [0.2, 0.25) is 11.6 Å². The Kier molecular flexibility index (Phi) is 4.58. The molecule has 0 saturated heterocycles. The maximum atomic E-state index is 12.5. The Morgan fingerprint density at radius 3 is 2.67 bits per heavy atom. The number of nitro benzene ring substituents is 1. The van der Waals surface area contributed by atoms with Crippen LogP contribution in [0.25, 0.3) is 22.6 Å². The smallest absolute Gasteiger partial charge is 0.343 e. The molecule has 152 valence electrons. The molecule has 3 heterocycles. The summed E-state index contributed by atoms with van der Waals surface area (Å²) < 4.78 is 17.2. The molecule has 0 fully saturated rings. The lowest BCUT2D eigenvalue weighted by molar-refractivity contribution is -0.384. The van der Waals surface area contributed by atoms with Crippen LogP contribution >= 0.6 is 0 Å². The predicted molar refractivity (Wildman–Crippen MR) is 99.5 cm³/mol. The van der Waals surface area contributed by atoms with Crippen molar-refractivity contribution < 1.29 is 23.3 Å². The molecular formula is C18H13N5O7. The minimum atomic E-state index is -0.800. The van der Waals surface area contributed by atoms with Crippen LogP contribution in [0.3, 0.4) is 0 Å². The molecule has 0 amide bonds. The van der Waals surface area contributed by atoms with E-state index in [-0.39, 0.29) is 46.5 Å². The highest BCUT2D eigenvalue weighted by Crippen LogP contribution is 2.23. The molecule has 0 unspecified atom stereocenters. The molecule has 1 aromatic carbocycles. The highest BCUT2D eigenvalue weighted by molar-refractivity contribution is 6.03. The van der Waals surface area contributed by atoms with E-state index in [0.29, 0.717) is 5.56 Å². The number of ether oxygens (including phenoxy) is 1. The van der Waals surface area contributed by atoms with Gasteiger partial charge in [0.15, 0.2) is 6.61 Å². The van der Waals surface area contributed by atoms with Crippen molar-refractivity contribution in [2.45, 2.75) is 13.5 Å². The topological polar surface area (TPSA) is 156 Å². The number of rotatable bonds is 5. The van der Waals surface area contributed by atoms with Crippen LogP contribution in [0.1, 0.15) is 22.0 Å². The predicted octanol–water partition coefficient (Wildman–Crippen LogP) is 2.15.